The molecule has 1 saturated heterocycles. The Kier molecular flexibility index (Phi) is 1.77. The van der Waals surface area contributed by atoms with E-state index in [2.05, 4.69) is 14.9 Å². The molecule has 0 N–H and O–H groups in total. The predicted octanol–water partition coefficient (Wildman–Crippen LogP) is 0.168. The summed E-state index contributed by atoms with van der Waals surface area (Å²) in [7, 11) is 0. The van der Waals surface area contributed by atoms with E-state index in [-0.39, 0.29) is 0 Å². The molecular formula is C4H6O3S. The van der Waals surface area contributed by atoms with Crippen LogP contribution in [0.4, 0.5) is 0 Å². The van der Waals surface area contributed by atoms with E-state index in [1.54, 1.807) is 0 Å². The third kappa shape index (κ3) is 1.40. The van der Waals surface area contributed by atoms with Crippen molar-refractivity contribution in [1.82, 2.24) is 0 Å². The van der Waals surface area contributed by atoms with Gasteiger partial charge in [0.2, 0.25) is 0 Å². The molecule has 1 fully saturated rings. The number of hydrogen-bond acceptors (Lipinski definition) is 3. The van der Waals surface area contributed by atoms with E-state index in [0.29, 0.717) is 13.2 Å². The van der Waals surface area contributed by atoms with Crippen molar-refractivity contribution >= 4 is 11.4 Å². The SMILES string of the molecule is C=C1COS(=O)OC1. The van der Waals surface area contributed by atoms with Gasteiger partial charge in [0.05, 0.1) is 13.2 Å². The molecule has 4 heteroatoms. The maximum Gasteiger partial charge on any atom is 0.305 e. The first-order chi connectivity index (χ1) is 3.79. The van der Waals surface area contributed by atoms with Gasteiger partial charge in [0.15, 0.2) is 0 Å². The third-order valence-corrected chi connectivity index (χ3v) is 1.34. The highest BCUT2D eigenvalue weighted by Crippen LogP contribution is 2.04. The zero-order valence-corrected chi connectivity index (χ0v) is 5.07. The summed E-state index contributed by atoms with van der Waals surface area (Å²) in [6, 6.07) is 0. The molecule has 8 heavy (non-hydrogen) atoms. The van der Waals surface area contributed by atoms with Gasteiger partial charge in [-0.3, -0.25) is 8.37 Å². The van der Waals surface area contributed by atoms with Crippen molar-refractivity contribution in [3.63, 3.8) is 0 Å². The number of rotatable bonds is 0. The van der Waals surface area contributed by atoms with Crippen molar-refractivity contribution in [1.29, 1.82) is 0 Å². The van der Waals surface area contributed by atoms with Crippen LogP contribution in [0.2, 0.25) is 0 Å². The van der Waals surface area contributed by atoms with Crippen LogP contribution in [0, 0.1) is 0 Å². The van der Waals surface area contributed by atoms with Crippen LogP contribution < -0.4 is 0 Å². The van der Waals surface area contributed by atoms with Crippen LogP contribution >= 0.6 is 0 Å². The summed E-state index contributed by atoms with van der Waals surface area (Å²) in [5, 5.41) is 0. The van der Waals surface area contributed by atoms with E-state index in [1.807, 2.05) is 0 Å². The van der Waals surface area contributed by atoms with Crippen molar-refractivity contribution in [2.24, 2.45) is 0 Å². The molecule has 0 bridgehead atoms. The van der Waals surface area contributed by atoms with Gasteiger partial charge in [-0.05, 0) is 5.57 Å². The highest BCUT2D eigenvalue weighted by atomic mass is 32.2. The second kappa shape index (κ2) is 2.39. The van der Waals surface area contributed by atoms with Gasteiger partial charge in [0, 0.05) is 0 Å². The maximum absolute atomic E-state index is 10.2. The Labute approximate surface area is 50.2 Å². The summed E-state index contributed by atoms with van der Waals surface area (Å²) in [5.74, 6) is 0. The van der Waals surface area contributed by atoms with Crippen LogP contribution in [-0.2, 0) is 19.7 Å². The molecule has 0 saturated carbocycles. The zero-order chi connectivity index (χ0) is 5.98. The molecule has 0 aromatic carbocycles. The highest BCUT2D eigenvalue weighted by Gasteiger charge is 2.09. The zero-order valence-electron chi connectivity index (χ0n) is 4.25. The summed E-state index contributed by atoms with van der Waals surface area (Å²) in [4.78, 5) is 0. The van der Waals surface area contributed by atoms with Crippen LogP contribution in [-0.4, -0.2) is 17.4 Å². The van der Waals surface area contributed by atoms with Gasteiger partial charge >= 0.3 is 11.4 Å². The largest absolute Gasteiger partial charge is 0.305 e. The molecule has 46 valence electrons. The molecule has 0 atom stereocenters. The predicted molar refractivity (Wildman–Crippen MR) is 29.2 cm³/mol. The van der Waals surface area contributed by atoms with Gasteiger partial charge in [-0.15, -0.1) is 0 Å². The average molecular weight is 134 g/mol. The van der Waals surface area contributed by atoms with Crippen molar-refractivity contribution in [2.45, 2.75) is 0 Å². The molecule has 0 aromatic heterocycles. The molecular weight excluding hydrogens is 128 g/mol. The Morgan fingerprint density at radius 2 is 2.00 bits per heavy atom. The Morgan fingerprint density at radius 1 is 1.50 bits per heavy atom. The third-order valence-electron chi connectivity index (χ3n) is 0.719. The minimum Gasteiger partial charge on any atom is -0.264 e. The van der Waals surface area contributed by atoms with E-state index < -0.39 is 11.4 Å². The Morgan fingerprint density at radius 3 is 2.38 bits per heavy atom. The Bertz CT molecular complexity index is 103. The van der Waals surface area contributed by atoms with Crippen molar-refractivity contribution in [3.05, 3.63) is 12.2 Å². The quantitative estimate of drug-likeness (QED) is 0.443. The van der Waals surface area contributed by atoms with Crippen LogP contribution in [0.1, 0.15) is 0 Å². The summed E-state index contributed by atoms with van der Waals surface area (Å²) in [5.41, 5.74) is 0.824. The lowest BCUT2D eigenvalue weighted by Gasteiger charge is -2.10. The second-order valence-electron chi connectivity index (χ2n) is 1.48. The van der Waals surface area contributed by atoms with Crippen molar-refractivity contribution in [2.75, 3.05) is 13.2 Å². The topological polar surface area (TPSA) is 35.5 Å². The van der Waals surface area contributed by atoms with Crippen molar-refractivity contribution < 1.29 is 12.6 Å². The minimum atomic E-state index is -1.52. The normalized spacial score (nSPS) is 23.8. The molecule has 0 spiro atoms. The first-order valence-electron chi connectivity index (χ1n) is 2.14. The fraction of sp³-hybridized carbons (Fsp3) is 0.500. The maximum atomic E-state index is 10.2. The van der Waals surface area contributed by atoms with Gasteiger partial charge in [0.25, 0.3) is 0 Å². The average Bonchev–Trinajstić information content (AvgIpc) is 1.77. The van der Waals surface area contributed by atoms with Gasteiger partial charge in [-0.25, -0.2) is 0 Å². The summed E-state index contributed by atoms with van der Waals surface area (Å²) >= 11 is -1.52. The van der Waals surface area contributed by atoms with Crippen LogP contribution in [0.25, 0.3) is 0 Å². The van der Waals surface area contributed by atoms with Gasteiger partial charge in [-0.1, -0.05) is 6.58 Å². The Hall–Kier alpha value is -0.190. The molecule has 1 heterocycles. The molecule has 1 rings (SSSR count). The molecule has 0 unspecified atom stereocenters. The molecule has 0 aliphatic carbocycles. The molecule has 0 radical (unpaired) electrons. The summed E-state index contributed by atoms with van der Waals surface area (Å²) in [6.45, 7) is 4.27. The lowest BCUT2D eigenvalue weighted by atomic mass is 10.4. The van der Waals surface area contributed by atoms with E-state index in [1.165, 1.54) is 0 Å². The van der Waals surface area contributed by atoms with E-state index in [4.69, 9.17) is 0 Å². The fourth-order valence-electron chi connectivity index (χ4n) is 0.339. The standard InChI is InChI=1S/C4H6O3S/c1-4-2-6-8(5)7-3-4/h1-3H2. The van der Waals surface area contributed by atoms with E-state index in [9.17, 15) is 4.21 Å². The summed E-state index contributed by atoms with van der Waals surface area (Å²) < 4.78 is 19.3. The van der Waals surface area contributed by atoms with Gasteiger partial charge in [0.1, 0.15) is 0 Å². The molecule has 0 amide bonds. The van der Waals surface area contributed by atoms with E-state index >= 15 is 0 Å². The minimum absolute atomic E-state index is 0.354. The van der Waals surface area contributed by atoms with Crippen molar-refractivity contribution in [3.8, 4) is 0 Å². The van der Waals surface area contributed by atoms with Gasteiger partial charge in [-0.2, -0.15) is 4.21 Å². The first-order valence-corrected chi connectivity index (χ1v) is 3.14. The lowest BCUT2D eigenvalue weighted by Crippen LogP contribution is -2.15. The lowest BCUT2D eigenvalue weighted by molar-refractivity contribution is 0.233. The smallest absolute Gasteiger partial charge is 0.264 e. The highest BCUT2D eigenvalue weighted by molar-refractivity contribution is 7.75. The Balaban J connectivity index is 2.40. The van der Waals surface area contributed by atoms with Crippen LogP contribution in [0.3, 0.4) is 0 Å². The molecule has 0 aromatic rings. The molecule has 1 aliphatic heterocycles. The molecule has 3 nitrogen and oxygen atoms in total. The first kappa shape index (κ1) is 5.94. The fourth-order valence-corrected chi connectivity index (χ4v) is 0.932. The molecule has 1 aliphatic rings. The van der Waals surface area contributed by atoms with Crippen LogP contribution in [0.5, 0.6) is 0 Å². The van der Waals surface area contributed by atoms with Crippen LogP contribution in [0.15, 0.2) is 12.2 Å². The monoisotopic (exact) mass is 134 g/mol. The second-order valence-corrected chi connectivity index (χ2v) is 2.36. The van der Waals surface area contributed by atoms with E-state index in [0.717, 1.165) is 5.57 Å². The summed E-state index contributed by atoms with van der Waals surface area (Å²) in [6.07, 6.45) is 0. The van der Waals surface area contributed by atoms with Gasteiger partial charge < -0.3 is 0 Å². The number of hydrogen-bond donors (Lipinski definition) is 0.